The van der Waals surface area contributed by atoms with Crippen LogP contribution in [0.4, 0.5) is 0 Å². The van der Waals surface area contributed by atoms with Crippen molar-refractivity contribution < 1.29 is 14.3 Å². The van der Waals surface area contributed by atoms with Gasteiger partial charge in [-0.25, -0.2) is 4.98 Å². The van der Waals surface area contributed by atoms with Gasteiger partial charge < -0.3 is 25.5 Å². The minimum atomic E-state index is -0.575. The molecule has 1 fully saturated rings. The van der Waals surface area contributed by atoms with Gasteiger partial charge in [0.1, 0.15) is 17.1 Å². The number of hydrogen-bond donors (Lipinski definition) is 3. The second kappa shape index (κ2) is 8.41. The largest absolute Gasteiger partial charge is 0.457 e. The lowest BCUT2D eigenvalue weighted by Crippen LogP contribution is -2.48. The number of amides is 1. The van der Waals surface area contributed by atoms with Crippen LogP contribution < -0.4 is 15.8 Å². The van der Waals surface area contributed by atoms with E-state index in [0.717, 1.165) is 40.9 Å². The molecule has 0 aliphatic carbocycles. The van der Waals surface area contributed by atoms with Crippen molar-refractivity contribution in [1.82, 2.24) is 15.3 Å². The molecule has 28 heavy (non-hydrogen) atoms. The Hall–Kier alpha value is -2.90. The van der Waals surface area contributed by atoms with Crippen LogP contribution in [0.5, 0.6) is 11.5 Å². The number of benzene rings is 1. The number of H-pyrrole nitrogens is 1. The molecule has 0 saturated carbocycles. The average molecular weight is 380 g/mol. The highest BCUT2D eigenvalue weighted by molar-refractivity contribution is 5.83. The molecule has 7 heteroatoms. The van der Waals surface area contributed by atoms with Crippen molar-refractivity contribution in [3.63, 3.8) is 0 Å². The number of nitrogens with zero attached hydrogens (tertiary/aromatic N) is 1. The van der Waals surface area contributed by atoms with Crippen LogP contribution in [0.2, 0.25) is 0 Å². The molecule has 0 radical (unpaired) electrons. The van der Waals surface area contributed by atoms with Crippen LogP contribution in [-0.2, 0) is 16.0 Å². The Balaban J connectivity index is 1.35. The van der Waals surface area contributed by atoms with E-state index in [9.17, 15) is 4.79 Å². The number of pyridine rings is 1. The number of carbonyl (C=O) groups is 1. The van der Waals surface area contributed by atoms with Crippen LogP contribution in [0.3, 0.4) is 0 Å². The van der Waals surface area contributed by atoms with Gasteiger partial charge in [-0.15, -0.1) is 0 Å². The molecule has 1 aliphatic heterocycles. The number of ether oxygens (including phenoxy) is 2. The van der Waals surface area contributed by atoms with E-state index in [0.29, 0.717) is 19.6 Å². The van der Waals surface area contributed by atoms with Crippen molar-refractivity contribution >= 4 is 16.9 Å². The summed E-state index contributed by atoms with van der Waals surface area (Å²) in [5.74, 6) is 1.35. The number of rotatable bonds is 6. The molecule has 4 rings (SSSR count). The fourth-order valence-electron chi connectivity index (χ4n) is 3.34. The van der Waals surface area contributed by atoms with Crippen molar-refractivity contribution in [3.05, 3.63) is 54.4 Å². The molecule has 1 aliphatic rings. The normalized spacial score (nSPS) is 16.0. The van der Waals surface area contributed by atoms with Gasteiger partial charge in [0.05, 0.1) is 11.4 Å². The van der Waals surface area contributed by atoms with Crippen LogP contribution >= 0.6 is 0 Å². The van der Waals surface area contributed by atoms with Crippen LogP contribution in [0.1, 0.15) is 18.4 Å². The molecule has 146 valence electrons. The third-order valence-corrected chi connectivity index (χ3v) is 4.93. The molecule has 0 bridgehead atoms. The van der Waals surface area contributed by atoms with Crippen LogP contribution in [-0.4, -0.2) is 41.2 Å². The topological polar surface area (TPSA) is 102 Å². The first kappa shape index (κ1) is 18.5. The maximum Gasteiger partial charge on any atom is 0.237 e. The second-order valence-electron chi connectivity index (χ2n) is 7.00. The number of fused-ring (bicyclic) bond motifs is 1. The van der Waals surface area contributed by atoms with Gasteiger partial charge in [-0.2, -0.15) is 0 Å². The second-order valence-corrected chi connectivity index (χ2v) is 7.00. The Morgan fingerprint density at radius 1 is 1.25 bits per heavy atom. The number of aromatic nitrogens is 2. The molecular weight excluding hydrogens is 356 g/mol. The van der Waals surface area contributed by atoms with Gasteiger partial charge in [-0.05, 0) is 49.1 Å². The van der Waals surface area contributed by atoms with Crippen molar-refractivity contribution in [2.75, 3.05) is 13.2 Å². The number of nitrogens with two attached hydrogens (primary N) is 1. The molecular formula is C21H24N4O3. The van der Waals surface area contributed by atoms with Gasteiger partial charge in [0.25, 0.3) is 0 Å². The third kappa shape index (κ3) is 4.32. The molecule has 1 amide bonds. The van der Waals surface area contributed by atoms with E-state index in [1.807, 2.05) is 42.6 Å². The zero-order valence-electron chi connectivity index (χ0n) is 15.6. The smallest absolute Gasteiger partial charge is 0.237 e. The van der Waals surface area contributed by atoms with Gasteiger partial charge in [0.15, 0.2) is 0 Å². The van der Waals surface area contributed by atoms with E-state index in [1.165, 1.54) is 0 Å². The Labute approximate surface area is 163 Å². The molecule has 1 aromatic carbocycles. The molecule has 0 spiro atoms. The van der Waals surface area contributed by atoms with Crippen LogP contribution in [0, 0.1) is 0 Å². The van der Waals surface area contributed by atoms with Crippen LogP contribution in [0.25, 0.3) is 11.0 Å². The summed E-state index contributed by atoms with van der Waals surface area (Å²) >= 11 is 0. The van der Waals surface area contributed by atoms with E-state index < -0.39 is 6.04 Å². The molecule has 1 atom stereocenters. The molecule has 1 saturated heterocycles. The summed E-state index contributed by atoms with van der Waals surface area (Å²) in [7, 11) is 0. The summed E-state index contributed by atoms with van der Waals surface area (Å²) in [6, 6.07) is 11.0. The summed E-state index contributed by atoms with van der Waals surface area (Å²) in [5, 5.41) is 3.95. The van der Waals surface area contributed by atoms with Crippen LogP contribution in [0.15, 0.2) is 48.8 Å². The quantitative estimate of drug-likeness (QED) is 0.610. The Kier molecular flexibility index (Phi) is 5.55. The fraction of sp³-hybridized carbons (Fsp3) is 0.333. The van der Waals surface area contributed by atoms with E-state index >= 15 is 0 Å². The zero-order valence-corrected chi connectivity index (χ0v) is 15.6. The highest BCUT2D eigenvalue weighted by Crippen LogP contribution is 2.28. The maximum atomic E-state index is 12.3. The van der Waals surface area contributed by atoms with Gasteiger partial charge in [-0.3, -0.25) is 4.79 Å². The summed E-state index contributed by atoms with van der Waals surface area (Å²) in [6.45, 7) is 1.38. The molecule has 7 nitrogen and oxygen atoms in total. The van der Waals surface area contributed by atoms with Gasteiger partial charge in [-0.1, -0.05) is 12.1 Å². The number of hydrogen-bond acceptors (Lipinski definition) is 5. The summed E-state index contributed by atoms with van der Waals surface area (Å²) < 4.78 is 11.3. The zero-order chi connectivity index (χ0) is 19.3. The molecule has 2 aromatic heterocycles. The summed E-state index contributed by atoms with van der Waals surface area (Å²) in [4.78, 5) is 19.6. The van der Waals surface area contributed by atoms with Crippen molar-refractivity contribution in [3.8, 4) is 11.5 Å². The molecule has 3 heterocycles. The Bertz CT molecular complexity index is 932. The lowest BCUT2D eigenvalue weighted by molar-refractivity contribution is -0.123. The third-order valence-electron chi connectivity index (χ3n) is 4.93. The van der Waals surface area contributed by atoms with Crippen molar-refractivity contribution in [2.24, 2.45) is 5.73 Å². The molecule has 3 aromatic rings. The van der Waals surface area contributed by atoms with Gasteiger partial charge in [0, 0.05) is 31.6 Å². The lowest BCUT2D eigenvalue weighted by atomic mass is 10.0. The van der Waals surface area contributed by atoms with Crippen molar-refractivity contribution in [2.45, 2.75) is 31.3 Å². The predicted molar refractivity (Wildman–Crippen MR) is 106 cm³/mol. The Morgan fingerprint density at radius 2 is 2.04 bits per heavy atom. The van der Waals surface area contributed by atoms with E-state index in [2.05, 4.69) is 15.3 Å². The first-order chi connectivity index (χ1) is 13.7. The number of nitrogens with one attached hydrogen (secondary N) is 2. The predicted octanol–water partition coefficient (Wildman–Crippen LogP) is 2.52. The Morgan fingerprint density at radius 3 is 2.82 bits per heavy atom. The lowest BCUT2D eigenvalue weighted by Gasteiger charge is -2.24. The average Bonchev–Trinajstić information content (AvgIpc) is 3.20. The standard InChI is InChI=1S/C21H24N4O3/c22-18(21(26)25-15-7-11-27-12-8-15)13-14-1-3-16(4-2-14)28-19-6-10-24-20-17(19)5-9-23-20/h1-6,9-10,15,18H,7-8,11-13,22H2,(H,23,24)(H,25,26)/t18-/m0/s1. The number of carbonyl (C=O) groups excluding carboxylic acids is 1. The van der Waals surface area contributed by atoms with E-state index in [-0.39, 0.29) is 11.9 Å². The molecule has 4 N–H and O–H groups in total. The minimum absolute atomic E-state index is 0.112. The highest BCUT2D eigenvalue weighted by atomic mass is 16.5. The van der Waals surface area contributed by atoms with Crippen molar-refractivity contribution in [1.29, 1.82) is 0 Å². The maximum absolute atomic E-state index is 12.3. The first-order valence-corrected chi connectivity index (χ1v) is 9.51. The van der Waals surface area contributed by atoms with E-state index in [1.54, 1.807) is 6.20 Å². The highest BCUT2D eigenvalue weighted by Gasteiger charge is 2.20. The minimum Gasteiger partial charge on any atom is -0.457 e. The van der Waals surface area contributed by atoms with Gasteiger partial charge in [0.2, 0.25) is 5.91 Å². The number of aromatic amines is 1. The fourth-order valence-corrected chi connectivity index (χ4v) is 3.34. The van der Waals surface area contributed by atoms with Gasteiger partial charge >= 0.3 is 0 Å². The summed E-state index contributed by atoms with van der Waals surface area (Å²) in [6.07, 6.45) is 5.70. The first-order valence-electron chi connectivity index (χ1n) is 9.51. The molecule has 0 unspecified atom stereocenters. The SMILES string of the molecule is N[C@@H](Cc1ccc(Oc2ccnc3[nH]ccc23)cc1)C(=O)NC1CCOCC1. The summed E-state index contributed by atoms with van der Waals surface area (Å²) in [5.41, 5.74) is 7.87. The monoisotopic (exact) mass is 380 g/mol. The van der Waals surface area contributed by atoms with E-state index in [4.69, 9.17) is 15.2 Å².